The van der Waals surface area contributed by atoms with E-state index in [0.717, 1.165) is 11.3 Å². The van der Waals surface area contributed by atoms with Crippen molar-refractivity contribution in [3.05, 3.63) is 47.9 Å². The van der Waals surface area contributed by atoms with Crippen molar-refractivity contribution in [2.45, 2.75) is 13.0 Å². The molecular weight excluding hydrogens is 270 g/mol. The molecular formula is C15H17N3O3. The molecule has 0 saturated heterocycles. The molecule has 0 bridgehead atoms. The fourth-order valence-corrected chi connectivity index (χ4v) is 1.92. The number of anilines is 1. The Hall–Kier alpha value is -2.63. The van der Waals surface area contributed by atoms with Crippen molar-refractivity contribution in [2.24, 2.45) is 0 Å². The molecule has 0 spiro atoms. The maximum Gasteiger partial charge on any atom is 0.356 e. The lowest BCUT2D eigenvalue weighted by atomic mass is 10.1. The lowest BCUT2D eigenvalue weighted by Crippen LogP contribution is -2.23. The lowest BCUT2D eigenvalue weighted by Gasteiger charge is -2.26. The Morgan fingerprint density at radius 3 is 2.38 bits per heavy atom. The predicted octanol–water partition coefficient (Wildman–Crippen LogP) is 2.38. The zero-order chi connectivity index (χ0) is 15.4. The van der Waals surface area contributed by atoms with Gasteiger partial charge in [-0.05, 0) is 24.6 Å². The van der Waals surface area contributed by atoms with Crippen molar-refractivity contribution in [2.75, 3.05) is 19.1 Å². The molecule has 6 nitrogen and oxygen atoms in total. The van der Waals surface area contributed by atoms with Crippen LogP contribution in [0.2, 0.25) is 0 Å². The molecule has 2 aromatic rings. The monoisotopic (exact) mass is 287 g/mol. The Kier molecular flexibility index (Phi) is 4.37. The zero-order valence-corrected chi connectivity index (χ0v) is 12.1. The minimum atomic E-state index is -1.08. The van der Waals surface area contributed by atoms with Crippen LogP contribution < -0.4 is 9.64 Å². The third kappa shape index (κ3) is 3.28. The summed E-state index contributed by atoms with van der Waals surface area (Å²) in [5, 5.41) is 8.82. The maximum atomic E-state index is 10.8. The van der Waals surface area contributed by atoms with Crippen molar-refractivity contribution < 1.29 is 14.6 Å². The van der Waals surface area contributed by atoms with Gasteiger partial charge in [-0.3, -0.25) is 0 Å². The highest BCUT2D eigenvalue weighted by atomic mass is 16.5. The van der Waals surface area contributed by atoms with Gasteiger partial charge in [0.25, 0.3) is 0 Å². The quantitative estimate of drug-likeness (QED) is 0.910. The van der Waals surface area contributed by atoms with Crippen LogP contribution in [0.25, 0.3) is 0 Å². The summed E-state index contributed by atoms with van der Waals surface area (Å²) in [5.74, 6) is 0.336. The van der Waals surface area contributed by atoms with Crippen molar-refractivity contribution >= 4 is 11.8 Å². The first kappa shape index (κ1) is 14.8. The molecule has 1 atom stereocenters. The van der Waals surface area contributed by atoms with E-state index in [1.165, 1.54) is 12.4 Å². The number of rotatable bonds is 5. The molecule has 0 aliphatic heterocycles. The molecule has 6 heteroatoms. The van der Waals surface area contributed by atoms with E-state index in [9.17, 15) is 4.79 Å². The van der Waals surface area contributed by atoms with Crippen LogP contribution in [0.3, 0.4) is 0 Å². The fraction of sp³-hybridized carbons (Fsp3) is 0.267. The average molecular weight is 287 g/mol. The molecule has 0 aliphatic carbocycles. The fourth-order valence-electron chi connectivity index (χ4n) is 1.92. The van der Waals surface area contributed by atoms with Gasteiger partial charge >= 0.3 is 5.97 Å². The molecule has 2 rings (SSSR count). The summed E-state index contributed by atoms with van der Waals surface area (Å²) in [4.78, 5) is 20.7. The Morgan fingerprint density at radius 1 is 1.24 bits per heavy atom. The van der Waals surface area contributed by atoms with Gasteiger partial charge in [-0.2, -0.15) is 0 Å². The third-order valence-corrected chi connectivity index (χ3v) is 3.40. The van der Waals surface area contributed by atoms with Gasteiger partial charge < -0.3 is 14.7 Å². The van der Waals surface area contributed by atoms with Crippen molar-refractivity contribution in [1.82, 2.24) is 9.97 Å². The normalized spacial score (nSPS) is 11.8. The number of hydrogen-bond acceptors (Lipinski definition) is 5. The Bertz CT molecular complexity index is 611. The highest BCUT2D eigenvalue weighted by Gasteiger charge is 2.15. The molecule has 1 unspecified atom stereocenters. The van der Waals surface area contributed by atoms with Gasteiger partial charge in [0.05, 0.1) is 25.5 Å². The minimum Gasteiger partial charge on any atom is -0.497 e. The van der Waals surface area contributed by atoms with Gasteiger partial charge in [0, 0.05) is 7.05 Å². The molecule has 1 aromatic carbocycles. The molecule has 21 heavy (non-hydrogen) atoms. The van der Waals surface area contributed by atoms with Crippen LogP contribution in [0, 0.1) is 0 Å². The summed E-state index contributed by atoms with van der Waals surface area (Å²) < 4.78 is 5.14. The molecule has 1 aromatic heterocycles. The van der Waals surface area contributed by atoms with Gasteiger partial charge in [-0.15, -0.1) is 0 Å². The van der Waals surface area contributed by atoms with Crippen LogP contribution in [-0.4, -0.2) is 35.2 Å². The maximum absolute atomic E-state index is 10.8. The van der Waals surface area contributed by atoms with E-state index < -0.39 is 5.97 Å². The molecule has 0 amide bonds. The lowest BCUT2D eigenvalue weighted by molar-refractivity contribution is 0.0690. The number of ether oxygens (including phenoxy) is 1. The van der Waals surface area contributed by atoms with E-state index in [0.29, 0.717) is 5.82 Å². The summed E-state index contributed by atoms with van der Waals surface area (Å²) in [6.07, 6.45) is 2.72. The van der Waals surface area contributed by atoms with Crippen LogP contribution in [0.4, 0.5) is 5.82 Å². The third-order valence-electron chi connectivity index (χ3n) is 3.40. The van der Waals surface area contributed by atoms with Crippen molar-refractivity contribution in [1.29, 1.82) is 0 Å². The van der Waals surface area contributed by atoms with E-state index in [1.54, 1.807) is 7.11 Å². The average Bonchev–Trinajstić information content (AvgIpc) is 2.53. The largest absolute Gasteiger partial charge is 0.497 e. The smallest absolute Gasteiger partial charge is 0.356 e. The first-order valence-corrected chi connectivity index (χ1v) is 6.45. The van der Waals surface area contributed by atoms with E-state index in [1.807, 2.05) is 43.1 Å². The summed E-state index contributed by atoms with van der Waals surface area (Å²) in [6.45, 7) is 2.04. The van der Waals surface area contributed by atoms with E-state index in [4.69, 9.17) is 9.84 Å². The number of carboxylic acid groups (broad SMARTS) is 1. The number of methoxy groups -OCH3 is 1. The molecule has 0 aliphatic rings. The Balaban J connectivity index is 2.17. The first-order chi connectivity index (χ1) is 10.0. The number of carbonyl (C=O) groups is 1. The standard InChI is InChI=1S/C15H17N3O3/c1-10(11-4-6-12(21-3)7-5-11)18(2)14-9-16-13(8-17-14)15(19)20/h4-10H,1-3H3,(H,19,20). The highest BCUT2D eigenvalue weighted by Crippen LogP contribution is 2.24. The van der Waals surface area contributed by atoms with Gasteiger partial charge in [0.2, 0.25) is 0 Å². The zero-order valence-electron chi connectivity index (χ0n) is 12.1. The number of aromatic nitrogens is 2. The molecule has 0 saturated carbocycles. The van der Waals surface area contributed by atoms with Crippen LogP contribution in [0.5, 0.6) is 5.75 Å². The molecule has 110 valence electrons. The predicted molar refractivity (Wildman–Crippen MR) is 78.8 cm³/mol. The summed E-state index contributed by atoms with van der Waals surface area (Å²) in [5.41, 5.74) is 1.03. The number of hydrogen-bond donors (Lipinski definition) is 1. The highest BCUT2D eigenvalue weighted by molar-refractivity contribution is 5.84. The van der Waals surface area contributed by atoms with Gasteiger partial charge in [0.15, 0.2) is 5.69 Å². The second-order valence-electron chi connectivity index (χ2n) is 4.63. The Morgan fingerprint density at radius 2 is 1.90 bits per heavy atom. The molecule has 0 radical (unpaired) electrons. The van der Waals surface area contributed by atoms with E-state index in [-0.39, 0.29) is 11.7 Å². The van der Waals surface area contributed by atoms with Crippen LogP contribution >= 0.6 is 0 Å². The first-order valence-electron chi connectivity index (χ1n) is 6.45. The van der Waals surface area contributed by atoms with Crippen molar-refractivity contribution in [3.8, 4) is 5.75 Å². The number of benzene rings is 1. The van der Waals surface area contributed by atoms with Gasteiger partial charge in [0.1, 0.15) is 11.6 Å². The second-order valence-corrected chi connectivity index (χ2v) is 4.63. The van der Waals surface area contributed by atoms with Gasteiger partial charge in [-0.1, -0.05) is 12.1 Å². The second kappa shape index (κ2) is 6.21. The van der Waals surface area contributed by atoms with E-state index in [2.05, 4.69) is 9.97 Å². The number of nitrogens with zero attached hydrogens (tertiary/aromatic N) is 3. The summed E-state index contributed by atoms with van der Waals surface area (Å²) >= 11 is 0. The van der Waals surface area contributed by atoms with E-state index >= 15 is 0 Å². The molecule has 1 heterocycles. The van der Waals surface area contributed by atoms with Crippen LogP contribution in [0.1, 0.15) is 29.0 Å². The van der Waals surface area contributed by atoms with Crippen LogP contribution in [-0.2, 0) is 0 Å². The van der Waals surface area contributed by atoms with Gasteiger partial charge in [-0.25, -0.2) is 14.8 Å². The minimum absolute atomic E-state index is 0.0655. The number of aromatic carboxylic acids is 1. The topological polar surface area (TPSA) is 75.5 Å². The molecule has 1 N–H and O–H groups in total. The SMILES string of the molecule is COc1ccc(C(C)N(C)c2cnc(C(=O)O)cn2)cc1. The number of carboxylic acids is 1. The Labute approximate surface area is 123 Å². The molecule has 0 fully saturated rings. The van der Waals surface area contributed by atoms with Crippen molar-refractivity contribution in [3.63, 3.8) is 0 Å². The summed E-state index contributed by atoms with van der Waals surface area (Å²) in [6, 6.07) is 7.84. The summed E-state index contributed by atoms with van der Waals surface area (Å²) in [7, 11) is 3.52. The van der Waals surface area contributed by atoms with Crippen LogP contribution in [0.15, 0.2) is 36.7 Å².